The van der Waals surface area contributed by atoms with Crippen molar-refractivity contribution in [3.8, 4) is 5.75 Å². The molecular weight excluding hydrogens is 369 g/mol. The van der Waals surface area contributed by atoms with E-state index in [1.807, 2.05) is 36.4 Å². The fourth-order valence-corrected chi connectivity index (χ4v) is 3.69. The molecule has 1 saturated heterocycles. The first-order valence-corrected chi connectivity index (χ1v) is 10.2. The molecule has 2 aromatic carbocycles. The van der Waals surface area contributed by atoms with Crippen LogP contribution in [-0.4, -0.2) is 62.1 Å². The van der Waals surface area contributed by atoms with E-state index in [0.717, 1.165) is 62.4 Å². The predicted molar refractivity (Wildman–Crippen MR) is 112 cm³/mol. The Balaban J connectivity index is 1.39. The molecule has 1 N–H and O–H groups in total. The number of hydrogen-bond donors (Lipinski definition) is 1. The van der Waals surface area contributed by atoms with Crippen LogP contribution in [-0.2, 0) is 17.8 Å². The van der Waals surface area contributed by atoms with Gasteiger partial charge in [-0.3, -0.25) is 14.6 Å². The van der Waals surface area contributed by atoms with Gasteiger partial charge in [0.2, 0.25) is 5.91 Å². The first kappa shape index (κ1) is 21.3. The molecule has 5 nitrogen and oxygen atoms in total. The first-order chi connectivity index (χ1) is 14.1. The van der Waals surface area contributed by atoms with Gasteiger partial charge >= 0.3 is 0 Å². The second-order valence-electron chi connectivity index (χ2n) is 7.44. The van der Waals surface area contributed by atoms with E-state index >= 15 is 0 Å². The molecule has 1 aliphatic heterocycles. The van der Waals surface area contributed by atoms with Crippen molar-refractivity contribution in [2.24, 2.45) is 0 Å². The van der Waals surface area contributed by atoms with E-state index in [1.54, 1.807) is 7.11 Å². The summed E-state index contributed by atoms with van der Waals surface area (Å²) >= 11 is 0. The van der Waals surface area contributed by atoms with Gasteiger partial charge in [-0.2, -0.15) is 0 Å². The van der Waals surface area contributed by atoms with Crippen LogP contribution in [0.4, 0.5) is 4.39 Å². The van der Waals surface area contributed by atoms with Gasteiger partial charge in [0, 0.05) is 26.2 Å². The lowest BCUT2D eigenvalue weighted by Gasteiger charge is -2.21. The lowest BCUT2D eigenvalue weighted by molar-refractivity contribution is -0.122. The molecule has 0 unspecified atom stereocenters. The maximum atomic E-state index is 13.1. The predicted octanol–water partition coefficient (Wildman–Crippen LogP) is 2.70. The summed E-state index contributed by atoms with van der Waals surface area (Å²) in [5.74, 6) is 0.718. The highest BCUT2D eigenvalue weighted by atomic mass is 19.1. The fourth-order valence-electron chi connectivity index (χ4n) is 3.69. The summed E-state index contributed by atoms with van der Waals surface area (Å²) in [5.41, 5.74) is 2.22. The SMILES string of the molecule is COc1ccccc1CCNC(=O)CN1CCCN(Cc2ccc(F)cc2)CC1. The number of ether oxygens (including phenoxy) is 1. The Morgan fingerprint density at radius 3 is 2.55 bits per heavy atom. The average Bonchev–Trinajstić information content (AvgIpc) is 2.95. The van der Waals surface area contributed by atoms with Gasteiger partial charge in [0.15, 0.2) is 0 Å². The first-order valence-electron chi connectivity index (χ1n) is 10.2. The topological polar surface area (TPSA) is 44.8 Å². The van der Waals surface area contributed by atoms with Gasteiger partial charge < -0.3 is 10.1 Å². The van der Waals surface area contributed by atoms with Crippen LogP contribution in [0.3, 0.4) is 0 Å². The van der Waals surface area contributed by atoms with E-state index in [0.29, 0.717) is 13.1 Å². The number of hydrogen-bond acceptors (Lipinski definition) is 4. The van der Waals surface area contributed by atoms with Gasteiger partial charge in [0.25, 0.3) is 0 Å². The summed E-state index contributed by atoms with van der Waals surface area (Å²) < 4.78 is 18.4. The number of nitrogens with zero attached hydrogens (tertiary/aromatic N) is 2. The van der Waals surface area contributed by atoms with Crippen LogP contribution in [0.5, 0.6) is 5.75 Å². The molecule has 0 aliphatic carbocycles. The van der Waals surface area contributed by atoms with Gasteiger partial charge in [-0.1, -0.05) is 30.3 Å². The van der Waals surface area contributed by atoms with Crippen molar-refractivity contribution in [3.05, 3.63) is 65.5 Å². The van der Waals surface area contributed by atoms with E-state index in [-0.39, 0.29) is 11.7 Å². The normalized spacial score (nSPS) is 15.7. The average molecular weight is 400 g/mol. The van der Waals surface area contributed by atoms with E-state index in [1.165, 1.54) is 12.1 Å². The number of methoxy groups -OCH3 is 1. The lowest BCUT2D eigenvalue weighted by Crippen LogP contribution is -2.39. The summed E-state index contributed by atoms with van der Waals surface area (Å²) in [7, 11) is 1.66. The highest BCUT2D eigenvalue weighted by Crippen LogP contribution is 2.17. The second-order valence-corrected chi connectivity index (χ2v) is 7.44. The molecule has 29 heavy (non-hydrogen) atoms. The smallest absolute Gasteiger partial charge is 0.234 e. The number of para-hydroxylation sites is 1. The van der Waals surface area contributed by atoms with Crippen LogP contribution in [0, 0.1) is 5.82 Å². The van der Waals surface area contributed by atoms with E-state index in [4.69, 9.17) is 4.74 Å². The molecule has 2 aromatic rings. The van der Waals surface area contributed by atoms with Gasteiger partial charge in [-0.25, -0.2) is 4.39 Å². The molecule has 1 heterocycles. The maximum Gasteiger partial charge on any atom is 0.234 e. The summed E-state index contributed by atoms with van der Waals surface area (Å²) in [6.07, 6.45) is 1.77. The molecule has 0 bridgehead atoms. The number of carbonyl (C=O) groups excluding carboxylic acids is 1. The Bertz CT molecular complexity index is 782. The third-order valence-electron chi connectivity index (χ3n) is 5.28. The number of nitrogens with one attached hydrogen (secondary N) is 1. The van der Waals surface area contributed by atoms with Crippen molar-refractivity contribution in [3.63, 3.8) is 0 Å². The fraction of sp³-hybridized carbons (Fsp3) is 0.435. The molecule has 1 aliphatic rings. The standard InChI is InChI=1S/C23H30FN3O2/c1-29-22-6-3-2-5-20(22)11-12-25-23(28)18-27-14-4-13-26(15-16-27)17-19-7-9-21(24)10-8-19/h2-3,5-10H,4,11-18H2,1H3,(H,25,28). The summed E-state index contributed by atoms with van der Waals surface area (Å²) in [6, 6.07) is 14.6. The minimum Gasteiger partial charge on any atom is -0.496 e. The Kier molecular flexibility index (Phi) is 8.02. The van der Waals surface area contributed by atoms with Crippen molar-refractivity contribution in [1.82, 2.24) is 15.1 Å². The Labute approximate surface area is 172 Å². The van der Waals surface area contributed by atoms with Crippen LogP contribution < -0.4 is 10.1 Å². The quantitative estimate of drug-likeness (QED) is 0.741. The van der Waals surface area contributed by atoms with Crippen molar-refractivity contribution < 1.29 is 13.9 Å². The molecule has 0 saturated carbocycles. The van der Waals surface area contributed by atoms with Crippen LogP contribution in [0.15, 0.2) is 48.5 Å². The molecule has 0 aromatic heterocycles. The lowest BCUT2D eigenvalue weighted by atomic mass is 10.1. The van der Waals surface area contributed by atoms with Gasteiger partial charge in [-0.15, -0.1) is 0 Å². The summed E-state index contributed by atoms with van der Waals surface area (Å²) in [4.78, 5) is 16.9. The van der Waals surface area contributed by atoms with Crippen molar-refractivity contribution in [1.29, 1.82) is 0 Å². The zero-order valence-electron chi connectivity index (χ0n) is 17.1. The number of benzene rings is 2. The van der Waals surface area contributed by atoms with E-state index < -0.39 is 0 Å². The maximum absolute atomic E-state index is 13.1. The minimum atomic E-state index is -0.201. The molecule has 1 fully saturated rings. The van der Waals surface area contributed by atoms with Crippen molar-refractivity contribution in [2.75, 3.05) is 46.4 Å². The second kappa shape index (κ2) is 10.9. The molecule has 6 heteroatoms. The van der Waals surface area contributed by atoms with E-state index in [9.17, 15) is 9.18 Å². The summed E-state index contributed by atoms with van der Waals surface area (Å²) in [5, 5.41) is 3.02. The van der Waals surface area contributed by atoms with Crippen molar-refractivity contribution in [2.45, 2.75) is 19.4 Å². The van der Waals surface area contributed by atoms with Crippen LogP contribution in [0.2, 0.25) is 0 Å². The van der Waals surface area contributed by atoms with Gasteiger partial charge in [-0.05, 0) is 55.3 Å². The highest BCUT2D eigenvalue weighted by Gasteiger charge is 2.17. The molecule has 156 valence electrons. The third kappa shape index (κ3) is 6.84. The number of carbonyl (C=O) groups is 1. The monoisotopic (exact) mass is 399 g/mol. The molecule has 3 rings (SSSR count). The molecule has 0 radical (unpaired) electrons. The number of amides is 1. The Morgan fingerprint density at radius 1 is 1.03 bits per heavy atom. The largest absolute Gasteiger partial charge is 0.496 e. The highest BCUT2D eigenvalue weighted by molar-refractivity contribution is 5.78. The van der Waals surface area contributed by atoms with Gasteiger partial charge in [0.1, 0.15) is 11.6 Å². The zero-order valence-corrected chi connectivity index (χ0v) is 17.1. The van der Waals surface area contributed by atoms with Crippen LogP contribution >= 0.6 is 0 Å². The minimum absolute atomic E-state index is 0.0619. The summed E-state index contributed by atoms with van der Waals surface area (Å²) in [6.45, 7) is 5.52. The molecule has 0 atom stereocenters. The van der Waals surface area contributed by atoms with Crippen LogP contribution in [0.1, 0.15) is 17.5 Å². The molecule has 0 spiro atoms. The molecular formula is C23H30FN3O2. The molecule has 1 amide bonds. The number of halogens is 1. The van der Waals surface area contributed by atoms with Gasteiger partial charge in [0.05, 0.1) is 13.7 Å². The Hall–Kier alpha value is -2.44. The van der Waals surface area contributed by atoms with Crippen molar-refractivity contribution >= 4 is 5.91 Å². The zero-order chi connectivity index (χ0) is 20.5. The van der Waals surface area contributed by atoms with E-state index in [2.05, 4.69) is 15.1 Å². The third-order valence-corrected chi connectivity index (χ3v) is 5.28. The number of rotatable bonds is 8. The van der Waals surface area contributed by atoms with Crippen LogP contribution in [0.25, 0.3) is 0 Å². The Morgan fingerprint density at radius 2 is 1.76 bits per heavy atom.